The Kier molecular flexibility index (Phi) is 7.08. The lowest BCUT2D eigenvalue weighted by Gasteiger charge is -2.16. The van der Waals surface area contributed by atoms with E-state index in [9.17, 15) is 21.6 Å². The molecule has 2 aromatic carbocycles. The Morgan fingerprint density at radius 3 is 2.22 bits per heavy atom. The second kappa shape index (κ2) is 9.45. The van der Waals surface area contributed by atoms with E-state index in [2.05, 4.69) is 5.43 Å². The third-order valence-electron chi connectivity index (χ3n) is 5.07. The topological polar surface area (TPSA) is 131 Å². The Balaban J connectivity index is 1.79. The largest absolute Gasteiger partial charge is 0.493 e. The molecular weight excluding hydrogens is 458 g/mol. The summed E-state index contributed by atoms with van der Waals surface area (Å²) in [6.45, 7) is 2.44. The summed E-state index contributed by atoms with van der Waals surface area (Å²) in [6.07, 6.45) is 1.58. The molecule has 0 bridgehead atoms. The molecule has 0 aromatic heterocycles. The first-order valence-electron chi connectivity index (χ1n) is 9.75. The van der Waals surface area contributed by atoms with Crippen molar-refractivity contribution in [2.75, 3.05) is 27.3 Å². The van der Waals surface area contributed by atoms with Crippen molar-refractivity contribution in [3.8, 4) is 11.5 Å². The van der Waals surface area contributed by atoms with Gasteiger partial charge in [0.15, 0.2) is 11.5 Å². The number of carbonyl (C=O) groups is 1. The van der Waals surface area contributed by atoms with Gasteiger partial charge in [-0.2, -0.15) is 4.31 Å². The number of hydrogen-bond donors (Lipinski definition) is 2. The number of hydrogen-bond acceptors (Lipinski definition) is 7. The third kappa shape index (κ3) is 4.88. The van der Waals surface area contributed by atoms with Crippen LogP contribution in [0.4, 0.5) is 0 Å². The van der Waals surface area contributed by atoms with Crippen molar-refractivity contribution >= 4 is 26.0 Å². The summed E-state index contributed by atoms with van der Waals surface area (Å²) in [6, 6.07) is 8.24. The molecule has 0 aliphatic carbocycles. The first kappa shape index (κ1) is 24.0. The number of carbonyl (C=O) groups excluding carboxylic acids is 1. The standard InChI is InChI=1S/C20H25N3O7S2/c1-14-11-17(29-2)18(30-3)13-19(14)31(25,26)22-21-20(24)15-7-6-8-16(12-15)32(27,28)23-9-4-5-10-23/h6-8,11-13,22H,4-5,9-10H2,1-3H3,(H,21,24). The Labute approximate surface area is 187 Å². The average Bonchev–Trinajstić information content (AvgIpc) is 3.33. The number of nitrogens with zero attached hydrogens (tertiary/aromatic N) is 1. The maximum absolute atomic E-state index is 12.7. The smallest absolute Gasteiger partial charge is 0.266 e. The number of hydrazine groups is 1. The molecule has 1 aliphatic rings. The van der Waals surface area contributed by atoms with E-state index in [-0.39, 0.29) is 21.1 Å². The molecule has 0 unspecified atom stereocenters. The van der Waals surface area contributed by atoms with Gasteiger partial charge in [-0.25, -0.2) is 16.8 Å². The number of aryl methyl sites for hydroxylation is 1. The number of benzene rings is 2. The van der Waals surface area contributed by atoms with Crippen LogP contribution in [0, 0.1) is 6.92 Å². The van der Waals surface area contributed by atoms with Gasteiger partial charge in [0.25, 0.3) is 15.9 Å². The van der Waals surface area contributed by atoms with Gasteiger partial charge in [-0.1, -0.05) is 6.07 Å². The van der Waals surface area contributed by atoms with Crippen LogP contribution in [0.1, 0.15) is 28.8 Å². The molecule has 174 valence electrons. The number of amides is 1. The van der Waals surface area contributed by atoms with E-state index in [0.29, 0.717) is 24.4 Å². The zero-order chi connectivity index (χ0) is 23.5. The van der Waals surface area contributed by atoms with E-state index in [1.165, 1.54) is 54.9 Å². The quantitative estimate of drug-likeness (QED) is 0.543. The molecule has 12 heteroatoms. The number of rotatable bonds is 8. The lowest BCUT2D eigenvalue weighted by Crippen LogP contribution is -2.41. The number of ether oxygens (including phenoxy) is 2. The van der Waals surface area contributed by atoms with Crippen molar-refractivity contribution in [2.24, 2.45) is 0 Å². The van der Waals surface area contributed by atoms with E-state index in [4.69, 9.17) is 9.47 Å². The summed E-state index contributed by atoms with van der Waals surface area (Å²) in [7, 11) is -5.05. The zero-order valence-corrected chi connectivity index (χ0v) is 19.5. The van der Waals surface area contributed by atoms with Crippen molar-refractivity contribution in [1.29, 1.82) is 0 Å². The van der Waals surface area contributed by atoms with Gasteiger partial charge in [-0.3, -0.25) is 10.2 Å². The van der Waals surface area contributed by atoms with Crippen LogP contribution in [0.5, 0.6) is 11.5 Å². The minimum absolute atomic E-state index is 0.00277. The second-order valence-electron chi connectivity index (χ2n) is 7.17. The van der Waals surface area contributed by atoms with Gasteiger partial charge < -0.3 is 9.47 Å². The normalized spacial score (nSPS) is 14.8. The van der Waals surface area contributed by atoms with E-state index in [0.717, 1.165) is 12.8 Å². The van der Waals surface area contributed by atoms with E-state index < -0.39 is 26.0 Å². The van der Waals surface area contributed by atoms with Gasteiger partial charge in [0.2, 0.25) is 10.0 Å². The molecule has 3 rings (SSSR count). The molecule has 0 radical (unpaired) electrons. The first-order valence-corrected chi connectivity index (χ1v) is 12.7. The number of sulfonamides is 2. The highest BCUT2D eigenvalue weighted by molar-refractivity contribution is 7.89. The van der Waals surface area contributed by atoms with Gasteiger partial charge in [0.05, 0.1) is 24.0 Å². The summed E-state index contributed by atoms with van der Waals surface area (Å²) < 4.78 is 62.6. The lowest BCUT2D eigenvalue weighted by atomic mass is 10.2. The van der Waals surface area contributed by atoms with E-state index in [1.54, 1.807) is 6.92 Å². The molecular formula is C20H25N3O7S2. The molecule has 0 spiro atoms. The Bertz CT molecular complexity index is 1220. The number of methoxy groups -OCH3 is 2. The van der Waals surface area contributed by atoms with Gasteiger partial charge >= 0.3 is 0 Å². The summed E-state index contributed by atoms with van der Waals surface area (Å²) in [5.74, 6) is -0.223. The zero-order valence-electron chi connectivity index (χ0n) is 17.9. The molecule has 1 fully saturated rings. The fraction of sp³-hybridized carbons (Fsp3) is 0.350. The second-order valence-corrected chi connectivity index (χ2v) is 10.8. The van der Waals surface area contributed by atoms with Crippen molar-refractivity contribution in [2.45, 2.75) is 29.6 Å². The van der Waals surface area contributed by atoms with Gasteiger partial charge in [0.1, 0.15) is 0 Å². The maximum atomic E-state index is 12.7. The molecule has 1 amide bonds. The predicted octanol–water partition coefficient (Wildman–Crippen LogP) is 1.42. The Morgan fingerprint density at radius 2 is 1.59 bits per heavy atom. The van der Waals surface area contributed by atoms with Crippen molar-refractivity contribution < 1.29 is 31.1 Å². The minimum Gasteiger partial charge on any atom is -0.493 e. The average molecular weight is 484 g/mol. The molecule has 32 heavy (non-hydrogen) atoms. The molecule has 2 aromatic rings. The monoisotopic (exact) mass is 483 g/mol. The lowest BCUT2D eigenvalue weighted by molar-refractivity contribution is 0.0945. The molecule has 0 saturated carbocycles. The first-order chi connectivity index (χ1) is 15.1. The van der Waals surface area contributed by atoms with Gasteiger partial charge in [-0.15, -0.1) is 4.83 Å². The summed E-state index contributed by atoms with van der Waals surface area (Å²) >= 11 is 0. The van der Waals surface area contributed by atoms with E-state index in [1.807, 2.05) is 4.83 Å². The highest BCUT2D eigenvalue weighted by atomic mass is 32.2. The Morgan fingerprint density at radius 1 is 0.969 bits per heavy atom. The van der Waals surface area contributed by atoms with Crippen molar-refractivity contribution in [3.63, 3.8) is 0 Å². The molecule has 1 saturated heterocycles. The highest BCUT2D eigenvalue weighted by Gasteiger charge is 2.28. The molecule has 0 atom stereocenters. The van der Waals surface area contributed by atoms with Gasteiger partial charge in [-0.05, 0) is 49.6 Å². The van der Waals surface area contributed by atoms with Crippen LogP contribution < -0.4 is 19.7 Å². The molecule has 2 N–H and O–H groups in total. The van der Waals surface area contributed by atoms with Gasteiger partial charge in [0, 0.05) is 24.7 Å². The van der Waals surface area contributed by atoms with Crippen LogP contribution in [0.25, 0.3) is 0 Å². The van der Waals surface area contributed by atoms with Crippen LogP contribution in [0.15, 0.2) is 46.2 Å². The molecule has 1 aliphatic heterocycles. The predicted molar refractivity (Wildman–Crippen MR) is 117 cm³/mol. The van der Waals surface area contributed by atoms with Crippen LogP contribution in [0.2, 0.25) is 0 Å². The highest BCUT2D eigenvalue weighted by Crippen LogP contribution is 2.32. The van der Waals surface area contributed by atoms with Crippen LogP contribution >= 0.6 is 0 Å². The summed E-state index contributed by atoms with van der Waals surface area (Å²) in [4.78, 5) is 14.4. The van der Waals surface area contributed by atoms with Crippen molar-refractivity contribution in [1.82, 2.24) is 14.6 Å². The summed E-state index contributed by atoms with van der Waals surface area (Å²) in [5, 5.41) is 0. The SMILES string of the molecule is COc1cc(C)c(S(=O)(=O)NNC(=O)c2cccc(S(=O)(=O)N3CCCC3)c2)cc1OC. The summed E-state index contributed by atoms with van der Waals surface area (Å²) in [5.41, 5.74) is 2.50. The van der Waals surface area contributed by atoms with Crippen LogP contribution in [-0.2, 0) is 20.0 Å². The Hall–Kier alpha value is -2.67. The molecule has 1 heterocycles. The fourth-order valence-electron chi connectivity index (χ4n) is 3.37. The van der Waals surface area contributed by atoms with E-state index >= 15 is 0 Å². The third-order valence-corrected chi connectivity index (χ3v) is 8.35. The number of nitrogens with one attached hydrogen (secondary N) is 2. The van der Waals surface area contributed by atoms with Crippen LogP contribution in [-0.4, -0.2) is 54.4 Å². The fourth-order valence-corrected chi connectivity index (χ4v) is 6.01. The molecule has 10 nitrogen and oxygen atoms in total. The minimum atomic E-state index is -4.15. The van der Waals surface area contributed by atoms with Crippen molar-refractivity contribution in [3.05, 3.63) is 47.5 Å². The maximum Gasteiger partial charge on any atom is 0.266 e. The van der Waals surface area contributed by atoms with Crippen LogP contribution in [0.3, 0.4) is 0 Å².